The summed E-state index contributed by atoms with van der Waals surface area (Å²) in [6.45, 7) is 5.69. The van der Waals surface area contributed by atoms with Gasteiger partial charge in [-0.25, -0.2) is 0 Å². The van der Waals surface area contributed by atoms with E-state index in [2.05, 4.69) is 37.9 Å². The number of rotatable bonds is 3. The summed E-state index contributed by atoms with van der Waals surface area (Å²) in [5, 5.41) is 8.95. The highest BCUT2D eigenvalue weighted by Gasteiger charge is 2.26. The summed E-state index contributed by atoms with van der Waals surface area (Å²) >= 11 is 0. The third-order valence-corrected chi connectivity index (χ3v) is 4.68. The molecule has 1 fully saturated rings. The van der Waals surface area contributed by atoms with E-state index < -0.39 is 0 Å². The molecule has 3 atom stereocenters. The van der Waals surface area contributed by atoms with Crippen LogP contribution in [-0.4, -0.2) is 18.0 Å². The highest BCUT2D eigenvalue weighted by Crippen LogP contribution is 2.32. The maximum absolute atomic E-state index is 8.95. The molecule has 2 heteroatoms. The Bertz CT molecular complexity index is 461. The van der Waals surface area contributed by atoms with Crippen molar-refractivity contribution in [1.82, 2.24) is 4.90 Å². The van der Waals surface area contributed by atoms with Gasteiger partial charge in [0.15, 0.2) is 0 Å². The maximum atomic E-state index is 8.95. The minimum atomic E-state index is 0.692. The summed E-state index contributed by atoms with van der Waals surface area (Å²) < 4.78 is 0. The predicted molar refractivity (Wildman–Crippen MR) is 78.6 cm³/mol. The smallest absolute Gasteiger partial charge is 0.0991 e. The van der Waals surface area contributed by atoms with Gasteiger partial charge >= 0.3 is 0 Å². The molecule has 3 unspecified atom stereocenters. The summed E-state index contributed by atoms with van der Waals surface area (Å²) in [5.74, 6) is 1.69. The molecule has 2 rings (SSSR count). The van der Waals surface area contributed by atoms with Gasteiger partial charge in [-0.1, -0.05) is 26.0 Å². The van der Waals surface area contributed by atoms with Crippen LogP contribution in [0, 0.1) is 23.2 Å². The van der Waals surface area contributed by atoms with Crippen LogP contribution in [0.4, 0.5) is 0 Å². The van der Waals surface area contributed by atoms with E-state index in [-0.39, 0.29) is 0 Å². The molecule has 102 valence electrons. The second kappa shape index (κ2) is 6.21. The second-order valence-corrected chi connectivity index (χ2v) is 6.15. The molecule has 0 spiro atoms. The van der Waals surface area contributed by atoms with Crippen molar-refractivity contribution < 1.29 is 0 Å². The van der Waals surface area contributed by atoms with Gasteiger partial charge in [-0.15, -0.1) is 0 Å². The molecule has 0 N–H and O–H groups in total. The van der Waals surface area contributed by atoms with Gasteiger partial charge in [0.2, 0.25) is 0 Å². The first-order chi connectivity index (χ1) is 9.10. The number of benzene rings is 1. The van der Waals surface area contributed by atoms with Gasteiger partial charge in [0, 0.05) is 12.6 Å². The monoisotopic (exact) mass is 256 g/mol. The van der Waals surface area contributed by atoms with Gasteiger partial charge in [0.1, 0.15) is 0 Å². The second-order valence-electron chi connectivity index (χ2n) is 6.15. The van der Waals surface area contributed by atoms with Crippen molar-refractivity contribution in [2.75, 3.05) is 7.05 Å². The van der Waals surface area contributed by atoms with E-state index in [1.54, 1.807) is 0 Å². The van der Waals surface area contributed by atoms with Crippen molar-refractivity contribution in [3.63, 3.8) is 0 Å². The maximum Gasteiger partial charge on any atom is 0.0991 e. The lowest BCUT2D eigenvalue weighted by Crippen LogP contribution is -2.37. The highest BCUT2D eigenvalue weighted by atomic mass is 15.1. The summed E-state index contributed by atoms with van der Waals surface area (Å²) in [4.78, 5) is 2.46. The Hall–Kier alpha value is -1.33. The van der Waals surface area contributed by atoms with E-state index in [0.717, 1.165) is 23.9 Å². The fraction of sp³-hybridized carbons (Fsp3) is 0.588. The minimum absolute atomic E-state index is 0.692. The Kier molecular flexibility index (Phi) is 4.61. The zero-order valence-electron chi connectivity index (χ0n) is 12.3. The molecule has 0 aliphatic heterocycles. The molecule has 19 heavy (non-hydrogen) atoms. The normalized spacial score (nSPS) is 27.2. The van der Waals surface area contributed by atoms with Crippen LogP contribution >= 0.6 is 0 Å². The molecule has 0 aromatic heterocycles. The zero-order chi connectivity index (χ0) is 13.8. The van der Waals surface area contributed by atoms with E-state index in [4.69, 9.17) is 5.26 Å². The van der Waals surface area contributed by atoms with E-state index in [1.807, 2.05) is 18.2 Å². The van der Waals surface area contributed by atoms with Crippen molar-refractivity contribution in [3.05, 3.63) is 35.4 Å². The van der Waals surface area contributed by atoms with Gasteiger partial charge in [-0.2, -0.15) is 5.26 Å². The van der Waals surface area contributed by atoms with Crippen LogP contribution in [0.1, 0.15) is 44.2 Å². The summed E-state index contributed by atoms with van der Waals surface area (Å²) in [6.07, 6.45) is 3.95. The van der Waals surface area contributed by atoms with Crippen LogP contribution in [0.3, 0.4) is 0 Å². The van der Waals surface area contributed by atoms with E-state index in [9.17, 15) is 0 Å². The van der Waals surface area contributed by atoms with Crippen molar-refractivity contribution in [2.45, 2.75) is 45.7 Å². The number of hydrogen-bond acceptors (Lipinski definition) is 2. The van der Waals surface area contributed by atoms with E-state index in [1.165, 1.54) is 24.8 Å². The van der Waals surface area contributed by atoms with Crippen LogP contribution in [0.15, 0.2) is 24.3 Å². The molecule has 0 radical (unpaired) electrons. The molecule has 1 aromatic rings. The lowest BCUT2D eigenvalue weighted by atomic mass is 9.78. The van der Waals surface area contributed by atoms with Crippen LogP contribution < -0.4 is 0 Å². The van der Waals surface area contributed by atoms with Crippen LogP contribution in [-0.2, 0) is 6.54 Å². The topological polar surface area (TPSA) is 27.0 Å². The first kappa shape index (κ1) is 14.1. The Labute approximate surface area is 117 Å². The number of nitrogens with zero attached hydrogens (tertiary/aromatic N) is 2. The molecule has 1 saturated carbocycles. The Morgan fingerprint density at radius 1 is 1.26 bits per heavy atom. The van der Waals surface area contributed by atoms with Gasteiger partial charge in [-0.05, 0) is 55.8 Å². The van der Waals surface area contributed by atoms with Crippen LogP contribution in [0.5, 0.6) is 0 Å². The highest BCUT2D eigenvalue weighted by molar-refractivity contribution is 5.32. The van der Waals surface area contributed by atoms with Gasteiger partial charge < -0.3 is 0 Å². The lowest BCUT2D eigenvalue weighted by molar-refractivity contribution is 0.126. The molecule has 0 heterocycles. The SMILES string of the molecule is CC1CCC(N(C)Cc2cccc(C#N)c2)CC1C. The quantitative estimate of drug-likeness (QED) is 0.822. The molecular formula is C17H24N2. The molecule has 2 nitrogen and oxygen atoms in total. The third-order valence-electron chi connectivity index (χ3n) is 4.68. The van der Waals surface area contributed by atoms with Crippen LogP contribution in [0.25, 0.3) is 0 Å². The average Bonchev–Trinajstić information content (AvgIpc) is 2.42. The van der Waals surface area contributed by atoms with Crippen molar-refractivity contribution >= 4 is 0 Å². The zero-order valence-corrected chi connectivity index (χ0v) is 12.3. The molecular weight excluding hydrogens is 232 g/mol. The predicted octanol–water partition coefficient (Wildman–Crippen LogP) is 3.81. The molecule has 0 bridgehead atoms. The first-order valence-corrected chi connectivity index (χ1v) is 7.29. The Morgan fingerprint density at radius 2 is 2.05 bits per heavy atom. The lowest BCUT2D eigenvalue weighted by Gasteiger charge is -2.37. The summed E-state index contributed by atoms with van der Waals surface area (Å²) in [7, 11) is 2.21. The average molecular weight is 256 g/mol. The molecule has 0 saturated heterocycles. The van der Waals surface area contributed by atoms with Crippen LogP contribution in [0.2, 0.25) is 0 Å². The van der Waals surface area contributed by atoms with Gasteiger partial charge in [0.25, 0.3) is 0 Å². The number of hydrogen-bond donors (Lipinski definition) is 0. The largest absolute Gasteiger partial charge is 0.299 e. The summed E-state index contributed by atoms with van der Waals surface area (Å²) in [6, 6.07) is 10.9. The van der Waals surface area contributed by atoms with E-state index in [0.29, 0.717) is 6.04 Å². The minimum Gasteiger partial charge on any atom is -0.299 e. The van der Waals surface area contributed by atoms with E-state index >= 15 is 0 Å². The third kappa shape index (κ3) is 3.58. The molecule has 1 aliphatic rings. The fourth-order valence-electron chi connectivity index (χ4n) is 3.08. The van der Waals surface area contributed by atoms with Crippen molar-refractivity contribution in [3.8, 4) is 6.07 Å². The Balaban J connectivity index is 1.97. The Morgan fingerprint density at radius 3 is 2.74 bits per heavy atom. The number of nitriles is 1. The molecule has 1 aromatic carbocycles. The standard InChI is InChI=1S/C17H24N2/c1-13-7-8-17(9-14(13)2)19(3)12-16-6-4-5-15(10-16)11-18/h4-6,10,13-14,17H,7-9,12H2,1-3H3. The van der Waals surface area contributed by atoms with Gasteiger partial charge in [-0.3, -0.25) is 4.90 Å². The summed E-state index contributed by atoms with van der Waals surface area (Å²) in [5.41, 5.74) is 2.00. The first-order valence-electron chi connectivity index (χ1n) is 7.29. The van der Waals surface area contributed by atoms with Crippen molar-refractivity contribution in [1.29, 1.82) is 5.26 Å². The molecule has 1 aliphatic carbocycles. The van der Waals surface area contributed by atoms with Crippen molar-refractivity contribution in [2.24, 2.45) is 11.8 Å². The van der Waals surface area contributed by atoms with Gasteiger partial charge in [0.05, 0.1) is 11.6 Å². The fourth-order valence-corrected chi connectivity index (χ4v) is 3.08. The molecule has 0 amide bonds.